The summed E-state index contributed by atoms with van der Waals surface area (Å²) in [7, 11) is -1.17. The van der Waals surface area contributed by atoms with Gasteiger partial charge in [0, 0.05) is 24.5 Å². The van der Waals surface area contributed by atoms with Crippen LogP contribution in [0.5, 0.6) is 0 Å². The van der Waals surface area contributed by atoms with E-state index in [1.807, 2.05) is 26.0 Å². The lowest BCUT2D eigenvalue weighted by molar-refractivity contribution is 0.143. The fourth-order valence-electron chi connectivity index (χ4n) is 6.42. The summed E-state index contributed by atoms with van der Waals surface area (Å²) in [5.74, 6) is 3.29. The minimum Gasteiger partial charge on any atom is -0.394 e. The Labute approximate surface area is 209 Å². The third kappa shape index (κ3) is 3.75. The molecule has 6 rings (SSSR count). The molecule has 1 aromatic carbocycles. The highest BCUT2D eigenvalue weighted by molar-refractivity contribution is 7.87. The number of nitrogens with zero attached hydrogens (tertiary/aromatic N) is 3. The molecule has 1 saturated heterocycles. The molecule has 2 saturated carbocycles. The first-order valence-corrected chi connectivity index (χ1v) is 14.0. The molecule has 2 N–H and O–H groups in total. The second-order valence-corrected chi connectivity index (χ2v) is 13.9. The van der Waals surface area contributed by atoms with E-state index >= 15 is 0 Å². The topological polar surface area (TPSA) is 78.3 Å². The summed E-state index contributed by atoms with van der Waals surface area (Å²) >= 11 is 6.08. The summed E-state index contributed by atoms with van der Waals surface area (Å²) in [5.41, 5.74) is 1.95. The number of fused-ring (bicyclic) bond motifs is 2. The molecule has 2 aliphatic carbocycles. The molecule has 0 amide bonds. The van der Waals surface area contributed by atoms with E-state index in [0.29, 0.717) is 30.0 Å². The largest absolute Gasteiger partial charge is 0.394 e. The summed E-state index contributed by atoms with van der Waals surface area (Å²) in [6.07, 6.45) is 5.96. The molecule has 182 valence electrons. The van der Waals surface area contributed by atoms with Crippen LogP contribution < -0.4 is 10.2 Å². The molecule has 34 heavy (non-hydrogen) atoms. The number of aromatic nitrogens is 2. The first-order chi connectivity index (χ1) is 16.3. The van der Waals surface area contributed by atoms with Gasteiger partial charge in [0.15, 0.2) is 0 Å². The summed E-state index contributed by atoms with van der Waals surface area (Å²) < 4.78 is 13.0. The summed E-state index contributed by atoms with van der Waals surface area (Å²) in [6.45, 7) is 6.07. The molecule has 0 bridgehead atoms. The van der Waals surface area contributed by atoms with E-state index in [0.717, 1.165) is 53.9 Å². The number of halogens is 1. The Morgan fingerprint density at radius 2 is 1.82 bits per heavy atom. The number of nitrogens with one attached hydrogen (secondary N) is 1. The minimum absolute atomic E-state index is 0.0666. The average molecular weight is 501 g/mol. The van der Waals surface area contributed by atoms with Crippen LogP contribution >= 0.6 is 11.6 Å². The summed E-state index contributed by atoms with van der Waals surface area (Å²) in [5, 5.41) is 14.4. The van der Waals surface area contributed by atoms with Gasteiger partial charge >= 0.3 is 0 Å². The van der Waals surface area contributed by atoms with Crippen LogP contribution in [0.25, 0.3) is 0 Å². The predicted octanol–water partition coefficient (Wildman–Crippen LogP) is 4.53. The number of rotatable bonds is 5. The van der Waals surface area contributed by atoms with Crippen molar-refractivity contribution in [2.75, 3.05) is 29.9 Å². The maximum absolute atomic E-state index is 13.3. The summed E-state index contributed by atoms with van der Waals surface area (Å²) in [6, 6.07) is 8.34. The van der Waals surface area contributed by atoms with Crippen molar-refractivity contribution in [3.8, 4) is 0 Å². The van der Waals surface area contributed by atoms with Gasteiger partial charge in [-0.1, -0.05) is 23.7 Å². The van der Waals surface area contributed by atoms with Crippen LogP contribution in [0.2, 0.25) is 5.02 Å². The number of aliphatic hydroxyl groups is 1. The lowest BCUT2D eigenvalue weighted by atomic mass is 9.77. The van der Waals surface area contributed by atoms with Gasteiger partial charge in [0.05, 0.1) is 33.4 Å². The van der Waals surface area contributed by atoms with Crippen LogP contribution in [0, 0.1) is 11.8 Å². The Morgan fingerprint density at radius 1 is 1.15 bits per heavy atom. The smallest absolute Gasteiger partial charge is 0.227 e. The quantitative estimate of drug-likeness (QED) is 0.628. The first kappa shape index (κ1) is 22.7. The molecule has 6 nitrogen and oxygen atoms in total. The fourth-order valence-corrected chi connectivity index (χ4v) is 7.97. The number of aliphatic hydroxyl groups excluding tert-OH is 1. The zero-order valence-corrected chi connectivity index (χ0v) is 21.5. The van der Waals surface area contributed by atoms with Crippen molar-refractivity contribution in [3.05, 3.63) is 40.5 Å². The predicted molar refractivity (Wildman–Crippen MR) is 136 cm³/mol. The van der Waals surface area contributed by atoms with Crippen molar-refractivity contribution >= 4 is 34.2 Å². The molecule has 3 heterocycles. The Bertz CT molecular complexity index is 1110. The summed E-state index contributed by atoms with van der Waals surface area (Å²) in [4.78, 5) is 13.0. The zero-order valence-electron chi connectivity index (χ0n) is 19.9. The van der Waals surface area contributed by atoms with Crippen LogP contribution in [-0.4, -0.2) is 49.3 Å². The SMILES string of the molecule is CC1(C)Cc2nc(N3CC4CC(c5ccc(Cl)cc5)CC4C3)nc(NC3(CO)CCC3)c2[S@@]1=O. The average Bonchev–Trinajstić information content (AvgIpc) is 3.41. The molecular weight excluding hydrogens is 468 g/mol. The molecule has 0 spiro atoms. The van der Waals surface area contributed by atoms with Gasteiger partial charge < -0.3 is 15.3 Å². The number of anilines is 2. The van der Waals surface area contributed by atoms with Gasteiger partial charge in [-0.25, -0.2) is 4.98 Å². The highest BCUT2D eigenvalue weighted by atomic mass is 35.5. The molecular formula is C26H33ClN4O2S. The van der Waals surface area contributed by atoms with Crippen molar-refractivity contribution in [2.24, 2.45) is 11.8 Å². The number of benzene rings is 1. The molecule has 2 aliphatic heterocycles. The highest BCUT2D eigenvalue weighted by Crippen LogP contribution is 2.48. The van der Waals surface area contributed by atoms with E-state index in [-0.39, 0.29) is 16.9 Å². The molecule has 2 unspecified atom stereocenters. The van der Waals surface area contributed by atoms with Crippen LogP contribution in [-0.2, 0) is 17.2 Å². The Hall–Kier alpha value is -1.70. The molecule has 1 aromatic heterocycles. The van der Waals surface area contributed by atoms with E-state index in [4.69, 9.17) is 21.6 Å². The molecule has 8 heteroatoms. The lowest BCUT2D eigenvalue weighted by Gasteiger charge is -2.41. The molecule has 3 atom stereocenters. The maximum Gasteiger partial charge on any atom is 0.227 e. The van der Waals surface area contributed by atoms with Crippen molar-refractivity contribution < 1.29 is 9.32 Å². The van der Waals surface area contributed by atoms with Gasteiger partial charge in [0.1, 0.15) is 10.7 Å². The molecule has 0 radical (unpaired) electrons. The third-order valence-corrected chi connectivity index (χ3v) is 10.8. The fraction of sp³-hybridized carbons (Fsp3) is 0.615. The number of hydrogen-bond donors (Lipinski definition) is 2. The van der Waals surface area contributed by atoms with Crippen molar-refractivity contribution in [1.29, 1.82) is 0 Å². The zero-order chi connectivity index (χ0) is 23.7. The van der Waals surface area contributed by atoms with Crippen LogP contribution in [0.3, 0.4) is 0 Å². The normalized spacial score (nSPS) is 30.6. The Balaban J connectivity index is 1.25. The standard InChI is InChI=1S/C26H33ClN4O2S/c1-25(2)12-21-22(34(25)33)23(30-26(15-32)8-3-9-26)29-24(28-21)31-13-18-10-17(11-19(18)14-31)16-4-6-20(27)7-5-16/h4-7,17-19,32H,3,8-15H2,1-2H3,(H,28,29,30)/t17?,18?,19?,34-/m0/s1. The first-order valence-electron chi connectivity index (χ1n) is 12.5. The van der Waals surface area contributed by atoms with Crippen molar-refractivity contribution in [1.82, 2.24) is 9.97 Å². The van der Waals surface area contributed by atoms with Gasteiger partial charge in [0.2, 0.25) is 5.95 Å². The van der Waals surface area contributed by atoms with Crippen LogP contribution in [0.4, 0.5) is 11.8 Å². The molecule has 4 aliphatic rings. The maximum atomic E-state index is 13.3. The Kier molecular flexibility index (Phi) is 5.47. The van der Waals surface area contributed by atoms with Gasteiger partial charge in [-0.2, -0.15) is 4.98 Å². The van der Waals surface area contributed by atoms with E-state index in [1.54, 1.807) is 0 Å². The van der Waals surface area contributed by atoms with Gasteiger partial charge in [-0.05, 0) is 81.4 Å². The van der Waals surface area contributed by atoms with E-state index in [2.05, 4.69) is 22.3 Å². The third-order valence-electron chi connectivity index (χ3n) is 8.58. The molecule has 3 fully saturated rings. The minimum atomic E-state index is -1.17. The van der Waals surface area contributed by atoms with E-state index in [9.17, 15) is 9.32 Å². The van der Waals surface area contributed by atoms with Crippen molar-refractivity contribution in [2.45, 2.75) is 73.5 Å². The van der Waals surface area contributed by atoms with Crippen LogP contribution in [0.1, 0.15) is 63.1 Å². The monoisotopic (exact) mass is 500 g/mol. The second-order valence-electron chi connectivity index (χ2n) is 11.4. The van der Waals surface area contributed by atoms with Gasteiger partial charge in [-0.3, -0.25) is 4.21 Å². The van der Waals surface area contributed by atoms with E-state index in [1.165, 1.54) is 18.4 Å². The Morgan fingerprint density at radius 3 is 2.41 bits per heavy atom. The second kappa shape index (κ2) is 8.17. The highest BCUT2D eigenvalue weighted by Gasteiger charge is 2.46. The van der Waals surface area contributed by atoms with E-state index < -0.39 is 10.8 Å². The number of hydrogen-bond acceptors (Lipinski definition) is 6. The molecule has 2 aromatic rings. The van der Waals surface area contributed by atoms with Gasteiger partial charge in [-0.15, -0.1) is 0 Å². The van der Waals surface area contributed by atoms with Gasteiger partial charge in [0.25, 0.3) is 0 Å². The lowest BCUT2D eigenvalue weighted by Crippen LogP contribution is -2.48. The van der Waals surface area contributed by atoms with Crippen molar-refractivity contribution in [3.63, 3.8) is 0 Å². The van der Waals surface area contributed by atoms with Crippen LogP contribution in [0.15, 0.2) is 29.2 Å².